The second-order valence-corrected chi connectivity index (χ2v) is 6.02. The molecule has 0 saturated carbocycles. The molecule has 108 valence electrons. The van der Waals surface area contributed by atoms with Crippen molar-refractivity contribution in [3.8, 4) is 5.75 Å². The minimum atomic E-state index is -4.34. The van der Waals surface area contributed by atoms with Gasteiger partial charge in [-0.05, 0) is 6.92 Å². The van der Waals surface area contributed by atoms with Crippen LogP contribution in [-0.4, -0.2) is 19.6 Å². The molecule has 0 aliphatic rings. The van der Waals surface area contributed by atoms with E-state index >= 15 is 0 Å². The predicted molar refractivity (Wildman–Crippen MR) is 82.4 cm³/mol. The highest BCUT2D eigenvalue weighted by atomic mass is 32.2. The lowest BCUT2D eigenvalue weighted by Crippen LogP contribution is -2.03. The van der Waals surface area contributed by atoms with Crippen molar-refractivity contribution in [3.05, 3.63) is 48.5 Å². The van der Waals surface area contributed by atoms with Crippen LogP contribution >= 0.6 is 0 Å². The summed E-state index contributed by atoms with van der Waals surface area (Å²) >= 11 is 0. The van der Waals surface area contributed by atoms with E-state index in [4.69, 9.17) is 4.74 Å². The Morgan fingerprint density at radius 3 is 1.71 bits per heavy atom. The van der Waals surface area contributed by atoms with Crippen molar-refractivity contribution in [2.24, 2.45) is 0 Å². The van der Waals surface area contributed by atoms with Gasteiger partial charge in [0.15, 0.2) is 0 Å². The van der Waals surface area contributed by atoms with Gasteiger partial charge in [-0.2, -0.15) is 8.42 Å². The van der Waals surface area contributed by atoms with Crippen molar-refractivity contribution in [2.75, 3.05) is 6.61 Å². The Morgan fingerprint density at radius 1 is 0.905 bits per heavy atom. The lowest BCUT2D eigenvalue weighted by molar-refractivity contribution is 0.348. The highest BCUT2D eigenvalue weighted by molar-refractivity contribution is 7.86. The van der Waals surface area contributed by atoms with E-state index in [-0.39, 0.29) is 4.90 Å². The zero-order valence-electron chi connectivity index (χ0n) is 11.4. The van der Waals surface area contributed by atoms with Crippen LogP contribution in [0.15, 0.2) is 53.4 Å². The maximum atomic E-state index is 11.8. The maximum absolute atomic E-state index is 11.8. The molecule has 3 aromatic carbocycles. The van der Waals surface area contributed by atoms with Gasteiger partial charge < -0.3 is 4.74 Å². The van der Waals surface area contributed by atoms with Crippen molar-refractivity contribution in [1.82, 2.24) is 0 Å². The predicted octanol–water partition coefficient (Wildman–Crippen LogP) is 3.64. The topological polar surface area (TPSA) is 63.6 Å². The summed E-state index contributed by atoms with van der Waals surface area (Å²) in [6, 6.07) is 14.0. The van der Waals surface area contributed by atoms with Gasteiger partial charge >= 0.3 is 0 Å². The summed E-state index contributed by atoms with van der Waals surface area (Å²) in [7, 11) is -4.34. The fourth-order valence-corrected chi connectivity index (χ4v) is 3.54. The molecule has 0 aliphatic carbocycles. The Balaban J connectivity index is 2.64. The lowest BCUT2D eigenvalue weighted by atomic mass is 10.0. The standard InChI is InChI=1S/C16H14O4S/c1-2-20-15-11-7-3-5-9-13(11)16(21(17,18)19)14-10-6-4-8-12(14)15/h3-10H,2H2,1H3,(H,17,18,19). The van der Waals surface area contributed by atoms with E-state index in [1.54, 1.807) is 36.4 Å². The largest absolute Gasteiger partial charge is 0.493 e. The summed E-state index contributed by atoms with van der Waals surface area (Å²) in [5, 5.41) is 2.26. The molecular weight excluding hydrogens is 288 g/mol. The summed E-state index contributed by atoms with van der Waals surface area (Å²) in [4.78, 5) is -0.0721. The van der Waals surface area contributed by atoms with Crippen LogP contribution in [0.25, 0.3) is 21.5 Å². The van der Waals surface area contributed by atoms with E-state index in [2.05, 4.69) is 0 Å². The molecule has 0 fully saturated rings. The number of hydrogen-bond acceptors (Lipinski definition) is 3. The molecule has 0 aliphatic heterocycles. The van der Waals surface area contributed by atoms with Crippen molar-refractivity contribution in [1.29, 1.82) is 0 Å². The van der Waals surface area contributed by atoms with E-state index in [1.807, 2.05) is 19.1 Å². The number of benzene rings is 3. The molecule has 21 heavy (non-hydrogen) atoms. The van der Waals surface area contributed by atoms with Crippen LogP contribution in [-0.2, 0) is 10.1 Å². The zero-order valence-corrected chi connectivity index (χ0v) is 12.2. The van der Waals surface area contributed by atoms with Crippen LogP contribution in [0, 0.1) is 0 Å². The first-order chi connectivity index (χ1) is 10.0. The van der Waals surface area contributed by atoms with Gasteiger partial charge in [0.25, 0.3) is 10.1 Å². The Morgan fingerprint density at radius 2 is 1.33 bits per heavy atom. The van der Waals surface area contributed by atoms with Gasteiger partial charge in [0.1, 0.15) is 10.6 Å². The minimum absolute atomic E-state index is 0.0721. The first kappa shape index (κ1) is 13.9. The molecule has 0 heterocycles. The van der Waals surface area contributed by atoms with E-state index in [0.29, 0.717) is 33.9 Å². The van der Waals surface area contributed by atoms with E-state index in [9.17, 15) is 13.0 Å². The van der Waals surface area contributed by atoms with Gasteiger partial charge in [0, 0.05) is 21.5 Å². The first-order valence-corrected chi connectivity index (χ1v) is 8.01. The monoisotopic (exact) mass is 302 g/mol. The summed E-state index contributed by atoms with van der Waals surface area (Å²) < 4.78 is 39.1. The highest BCUT2D eigenvalue weighted by Crippen LogP contribution is 2.40. The van der Waals surface area contributed by atoms with E-state index in [1.165, 1.54) is 0 Å². The molecule has 0 unspecified atom stereocenters. The Labute approximate surface area is 122 Å². The summed E-state index contributed by atoms with van der Waals surface area (Å²) in [6.07, 6.45) is 0. The van der Waals surface area contributed by atoms with Gasteiger partial charge in [-0.25, -0.2) is 0 Å². The number of rotatable bonds is 3. The molecule has 0 amide bonds. The Hall–Kier alpha value is -2.11. The molecular formula is C16H14O4S. The first-order valence-electron chi connectivity index (χ1n) is 6.57. The zero-order chi connectivity index (χ0) is 15.0. The normalized spacial score (nSPS) is 11.9. The van der Waals surface area contributed by atoms with Crippen molar-refractivity contribution in [2.45, 2.75) is 11.8 Å². The maximum Gasteiger partial charge on any atom is 0.295 e. The van der Waals surface area contributed by atoms with Gasteiger partial charge in [-0.15, -0.1) is 0 Å². The fourth-order valence-electron chi connectivity index (χ4n) is 2.63. The van der Waals surface area contributed by atoms with Gasteiger partial charge in [-0.1, -0.05) is 48.5 Å². The number of hydrogen-bond donors (Lipinski definition) is 1. The third kappa shape index (κ3) is 2.24. The summed E-state index contributed by atoms with van der Waals surface area (Å²) in [5.74, 6) is 0.635. The highest BCUT2D eigenvalue weighted by Gasteiger charge is 2.21. The average Bonchev–Trinajstić information content (AvgIpc) is 2.46. The molecule has 3 aromatic rings. The fraction of sp³-hybridized carbons (Fsp3) is 0.125. The van der Waals surface area contributed by atoms with E-state index < -0.39 is 10.1 Å². The third-order valence-corrected chi connectivity index (χ3v) is 4.33. The number of fused-ring (bicyclic) bond motifs is 2. The van der Waals surface area contributed by atoms with Crippen LogP contribution < -0.4 is 4.74 Å². The third-order valence-electron chi connectivity index (χ3n) is 3.38. The molecule has 0 atom stereocenters. The quantitative estimate of drug-likeness (QED) is 0.592. The number of ether oxygens (including phenoxy) is 1. The molecule has 0 bridgehead atoms. The second-order valence-electron chi connectivity index (χ2n) is 4.66. The smallest absolute Gasteiger partial charge is 0.295 e. The molecule has 1 N–H and O–H groups in total. The minimum Gasteiger partial charge on any atom is -0.493 e. The van der Waals surface area contributed by atoms with Gasteiger partial charge in [0.05, 0.1) is 6.61 Å². The van der Waals surface area contributed by atoms with E-state index in [0.717, 1.165) is 0 Å². The van der Waals surface area contributed by atoms with Crippen molar-refractivity contribution >= 4 is 31.7 Å². The molecule has 4 nitrogen and oxygen atoms in total. The van der Waals surface area contributed by atoms with Crippen molar-refractivity contribution in [3.63, 3.8) is 0 Å². The van der Waals surface area contributed by atoms with Gasteiger partial charge in [0.2, 0.25) is 0 Å². The molecule has 3 rings (SSSR count). The summed E-state index contributed by atoms with van der Waals surface area (Å²) in [6.45, 7) is 2.35. The van der Waals surface area contributed by atoms with Crippen LogP contribution in [0.1, 0.15) is 6.92 Å². The molecule has 0 saturated heterocycles. The van der Waals surface area contributed by atoms with Gasteiger partial charge in [-0.3, -0.25) is 4.55 Å². The second kappa shape index (κ2) is 5.02. The van der Waals surface area contributed by atoms with Crippen LogP contribution in [0.2, 0.25) is 0 Å². The molecule has 0 spiro atoms. The Kier molecular flexibility index (Phi) is 3.31. The van der Waals surface area contributed by atoms with Crippen LogP contribution in [0.3, 0.4) is 0 Å². The SMILES string of the molecule is CCOc1c2ccccc2c(S(=O)(=O)O)c2ccccc12. The summed E-state index contributed by atoms with van der Waals surface area (Å²) in [5.41, 5.74) is 0. The van der Waals surface area contributed by atoms with Crippen LogP contribution in [0.4, 0.5) is 0 Å². The van der Waals surface area contributed by atoms with Crippen molar-refractivity contribution < 1.29 is 17.7 Å². The van der Waals surface area contributed by atoms with Crippen LogP contribution in [0.5, 0.6) is 5.75 Å². The lowest BCUT2D eigenvalue weighted by Gasteiger charge is -2.15. The molecule has 0 radical (unpaired) electrons. The molecule has 0 aromatic heterocycles. The molecule has 5 heteroatoms. The Bertz CT molecular complexity index is 873. The average molecular weight is 302 g/mol.